The molecular formula is C11H16N2O3. The highest BCUT2D eigenvalue weighted by molar-refractivity contribution is 5.18. The van der Waals surface area contributed by atoms with Gasteiger partial charge in [0, 0.05) is 43.8 Å². The smallest absolute Gasteiger partial charge is 0.223 e. The average molecular weight is 224 g/mol. The van der Waals surface area contributed by atoms with Gasteiger partial charge in [-0.3, -0.25) is 4.79 Å². The lowest BCUT2D eigenvalue weighted by Gasteiger charge is -2.23. The number of aromatic amines is 1. The lowest BCUT2D eigenvalue weighted by molar-refractivity contribution is 0.0775. The first kappa shape index (κ1) is 11.2. The van der Waals surface area contributed by atoms with Gasteiger partial charge in [-0.05, 0) is 12.8 Å². The first-order valence-electron chi connectivity index (χ1n) is 5.47. The fourth-order valence-corrected chi connectivity index (χ4v) is 1.76. The number of hydrogen-bond acceptors (Lipinski definition) is 4. The summed E-state index contributed by atoms with van der Waals surface area (Å²) in [6.07, 6.45) is 3.33. The molecular weight excluding hydrogens is 208 g/mol. The van der Waals surface area contributed by atoms with Gasteiger partial charge in [0.1, 0.15) is 0 Å². The molecule has 1 fully saturated rings. The van der Waals surface area contributed by atoms with E-state index in [2.05, 4.69) is 10.3 Å². The number of aromatic nitrogens is 1. The van der Waals surface area contributed by atoms with Crippen molar-refractivity contribution < 1.29 is 9.84 Å². The Bertz CT molecular complexity index is 396. The highest BCUT2D eigenvalue weighted by Gasteiger charge is 2.12. The predicted octanol–water partition coefficient (Wildman–Crippen LogP) is 0.349. The minimum Gasteiger partial charge on any atom is -0.503 e. The molecule has 1 saturated heterocycles. The minimum atomic E-state index is -0.345. The summed E-state index contributed by atoms with van der Waals surface area (Å²) in [5, 5.41) is 12.4. The molecule has 88 valence electrons. The Morgan fingerprint density at radius 3 is 2.94 bits per heavy atom. The summed E-state index contributed by atoms with van der Waals surface area (Å²) in [4.78, 5) is 14.0. The van der Waals surface area contributed by atoms with E-state index in [1.54, 1.807) is 0 Å². The number of aromatic hydroxyl groups is 1. The zero-order valence-electron chi connectivity index (χ0n) is 9.03. The van der Waals surface area contributed by atoms with Crippen molar-refractivity contribution in [2.24, 2.45) is 0 Å². The molecule has 2 rings (SSSR count). The van der Waals surface area contributed by atoms with Crippen LogP contribution >= 0.6 is 0 Å². The number of pyridine rings is 1. The highest BCUT2D eigenvalue weighted by Crippen LogP contribution is 2.07. The van der Waals surface area contributed by atoms with Gasteiger partial charge in [-0.15, -0.1) is 0 Å². The van der Waals surface area contributed by atoms with Crippen LogP contribution < -0.4 is 10.7 Å². The first-order chi connectivity index (χ1) is 7.75. The number of hydrogen-bond donors (Lipinski definition) is 3. The predicted molar refractivity (Wildman–Crippen MR) is 59.4 cm³/mol. The van der Waals surface area contributed by atoms with Gasteiger partial charge in [-0.25, -0.2) is 0 Å². The lowest BCUT2D eigenvalue weighted by atomic mass is 10.1. The van der Waals surface area contributed by atoms with Gasteiger partial charge < -0.3 is 20.1 Å². The molecule has 1 aliphatic heterocycles. The third kappa shape index (κ3) is 2.84. The molecule has 0 bridgehead atoms. The third-order valence-electron chi connectivity index (χ3n) is 2.75. The van der Waals surface area contributed by atoms with Crippen LogP contribution in [0.25, 0.3) is 0 Å². The number of rotatable bonds is 3. The largest absolute Gasteiger partial charge is 0.503 e. The summed E-state index contributed by atoms with van der Waals surface area (Å²) in [6.45, 7) is 2.20. The molecule has 1 aromatic heterocycles. The van der Waals surface area contributed by atoms with Crippen LogP contribution in [0.3, 0.4) is 0 Å². The van der Waals surface area contributed by atoms with Crippen LogP contribution in [0.2, 0.25) is 0 Å². The first-order valence-corrected chi connectivity index (χ1v) is 5.47. The summed E-state index contributed by atoms with van der Waals surface area (Å²) in [7, 11) is 0. The van der Waals surface area contributed by atoms with Gasteiger partial charge in [0.2, 0.25) is 5.43 Å². The van der Waals surface area contributed by atoms with Crippen molar-refractivity contribution in [1.82, 2.24) is 10.3 Å². The van der Waals surface area contributed by atoms with E-state index in [0.717, 1.165) is 31.7 Å². The minimum absolute atomic E-state index is 0.241. The number of ether oxygens (including phenoxy) is 1. The highest BCUT2D eigenvalue weighted by atomic mass is 16.5. The molecule has 0 atom stereocenters. The fourth-order valence-electron chi connectivity index (χ4n) is 1.76. The van der Waals surface area contributed by atoms with Crippen molar-refractivity contribution in [2.75, 3.05) is 13.2 Å². The van der Waals surface area contributed by atoms with Gasteiger partial charge in [0.15, 0.2) is 5.75 Å². The molecule has 0 saturated carbocycles. The maximum atomic E-state index is 11.2. The van der Waals surface area contributed by atoms with Crippen LogP contribution in [0, 0.1) is 0 Å². The SMILES string of the molecule is O=c1cc(CNC2CCOCC2)[nH]cc1O. The van der Waals surface area contributed by atoms with Crippen LogP contribution in [0.4, 0.5) is 0 Å². The van der Waals surface area contributed by atoms with Crippen molar-refractivity contribution in [2.45, 2.75) is 25.4 Å². The Balaban J connectivity index is 1.88. The molecule has 1 aromatic rings. The van der Waals surface area contributed by atoms with Gasteiger partial charge in [0.05, 0.1) is 0 Å². The maximum Gasteiger partial charge on any atom is 0.223 e. The molecule has 5 nitrogen and oxygen atoms in total. The van der Waals surface area contributed by atoms with Crippen LogP contribution in [0.5, 0.6) is 5.75 Å². The Hall–Kier alpha value is -1.33. The summed E-state index contributed by atoms with van der Waals surface area (Å²) in [6, 6.07) is 1.87. The Labute approximate surface area is 93.5 Å². The molecule has 0 aliphatic carbocycles. The molecule has 1 aliphatic rings. The van der Waals surface area contributed by atoms with E-state index in [1.807, 2.05) is 0 Å². The number of H-pyrrole nitrogens is 1. The summed E-state index contributed by atoms with van der Waals surface area (Å²) >= 11 is 0. The van der Waals surface area contributed by atoms with Crippen molar-refractivity contribution >= 4 is 0 Å². The van der Waals surface area contributed by atoms with E-state index in [1.165, 1.54) is 12.3 Å². The van der Waals surface area contributed by atoms with Crippen molar-refractivity contribution in [3.8, 4) is 5.75 Å². The Morgan fingerprint density at radius 1 is 1.50 bits per heavy atom. The number of nitrogens with one attached hydrogen (secondary N) is 2. The molecule has 0 unspecified atom stereocenters. The van der Waals surface area contributed by atoms with E-state index in [-0.39, 0.29) is 11.2 Å². The standard InChI is InChI=1S/C11H16N2O3/c14-10-5-9(13-7-11(10)15)6-12-8-1-3-16-4-2-8/h5,7-8,12,15H,1-4,6H2,(H,13,14). The van der Waals surface area contributed by atoms with Gasteiger partial charge in [-0.2, -0.15) is 0 Å². The summed E-state index contributed by atoms with van der Waals surface area (Å²) in [5.41, 5.74) is 0.441. The molecule has 0 spiro atoms. The molecule has 3 N–H and O–H groups in total. The Morgan fingerprint density at radius 2 is 2.25 bits per heavy atom. The second kappa shape index (κ2) is 5.14. The van der Waals surface area contributed by atoms with E-state index >= 15 is 0 Å². The second-order valence-corrected chi connectivity index (χ2v) is 3.98. The molecule has 0 aromatic carbocycles. The second-order valence-electron chi connectivity index (χ2n) is 3.98. The van der Waals surface area contributed by atoms with Crippen molar-refractivity contribution in [3.05, 3.63) is 28.2 Å². The Kier molecular flexibility index (Phi) is 3.58. The van der Waals surface area contributed by atoms with Gasteiger partial charge in [-0.1, -0.05) is 0 Å². The summed E-state index contributed by atoms with van der Waals surface area (Å²) in [5.74, 6) is -0.241. The van der Waals surface area contributed by atoms with E-state index < -0.39 is 0 Å². The lowest BCUT2D eigenvalue weighted by Crippen LogP contribution is -2.34. The van der Waals surface area contributed by atoms with Crippen LogP contribution in [-0.4, -0.2) is 29.3 Å². The molecule has 5 heteroatoms. The maximum absolute atomic E-state index is 11.2. The van der Waals surface area contributed by atoms with Crippen LogP contribution in [0.1, 0.15) is 18.5 Å². The van der Waals surface area contributed by atoms with Gasteiger partial charge in [0.25, 0.3) is 0 Å². The average Bonchev–Trinajstić information content (AvgIpc) is 2.32. The van der Waals surface area contributed by atoms with Gasteiger partial charge >= 0.3 is 0 Å². The molecule has 16 heavy (non-hydrogen) atoms. The monoisotopic (exact) mass is 224 g/mol. The van der Waals surface area contributed by atoms with Crippen LogP contribution in [-0.2, 0) is 11.3 Å². The molecule has 0 amide bonds. The zero-order chi connectivity index (χ0) is 11.4. The van der Waals surface area contributed by atoms with Crippen LogP contribution in [0.15, 0.2) is 17.1 Å². The van der Waals surface area contributed by atoms with Crippen molar-refractivity contribution in [3.63, 3.8) is 0 Å². The van der Waals surface area contributed by atoms with E-state index in [4.69, 9.17) is 9.84 Å². The summed E-state index contributed by atoms with van der Waals surface area (Å²) < 4.78 is 5.26. The normalized spacial score (nSPS) is 17.5. The van der Waals surface area contributed by atoms with E-state index in [9.17, 15) is 4.79 Å². The third-order valence-corrected chi connectivity index (χ3v) is 2.75. The van der Waals surface area contributed by atoms with Crippen molar-refractivity contribution in [1.29, 1.82) is 0 Å². The zero-order valence-corrected chi connectivity index (χ0v) is 9.03. The molecule has 0 radical (unpaired) electrons. The molecule has 2 heterocycles. The quantitative estimate of drug-likeness (QED) is 0.692. The topological polar surface area (TPSA) is 74.3 Å². The fraction of sp³-hybridized carbons (Fsp3) is 0.545. The van der Waals surface area contributed by atoms with E-state index in [0.29, 0.717) is 12.6 Å².